The van der Waals surface area contributed by atoms with Gasteiger partial charge in [0.25, 0.3) is 0 Å². The molecule has 0 atom stereocenters. The third kappa shape index (κ3) is 4.38. The highest BCUT2D eigenvalue weighted by Crippen LogP contribution is 2.10. The first-order chi connectivity index (χ1) is 8.49. The van der Waals surface area contributed by atoms with E-state index >= 15 is 0 Å². The minimum Gasteiger partial charge on any atom is -0.356 e. The smallest absolute Gasteiger partial charge is 0.240 e. The fraction of sp³-hybridized carbons (Fsp3) is 0.500. The average Bonchev–Trinajstić information content (AvgIpc) is 2.35. The maximum Gasteiger partial charge on any atom is 0.240 e. The molecule has 0 saturated carbocycles. The molecule has 0 fully saturated rings. The second kappa shape index (κ2) is 6.84. The number of nitrogens with one attached hydrogen (secondary N) is 1. The molecule has 0 aliphatic heterocycles. The van der Waals surface area contributed by atoms with Crippen LogP contribution in [0.15, 0.2) is 29.2 Å². The van der Waals surface area contributed by atoms with E-state index in [0.29, 0.717) is 6.42 Å². The normalized spacial score (nSPS) is 12.0. The van der Waals surface area contributed by atoms with Gasteiger partial charge in [-0.2, -0.15) is 0 Å². The summed E-state index contributed by atoms with van der Waals surface area (Å²) in [6, 6.07) is 6.70. The van der Waals surface area contributed by atoms with Crippen molar-refractivity contribution in [1.82, 2.24) is 4.72 Å². The molecular weight excluding hydrogens is 254 g/mol. The van der Waals surface area contributed by atoms with Gasteiger partial charge in [0, 0.05) is 27.2 Å². The van der Waals surface area contributed by atoms with Crippen LogP contribution in [0, 0.1) is 6.92 Å². The van der Waals surface area contributed by atoms with Crippen LogP contribution in [-0.4, -0.2) is 35.5 Å². The standard InChI is InChI=1S/C12H19NO4S/c1-10-4-6-11(7-5-10)18(14,15)13-9-8-12(16-2)17-3/h4-7,12-13H,8-9H2,1-3H3. The van der Waals surface area contributed by atoms with E-state index in [0.717, 1.165) is 5.56 Å². The van der Waals surface area contributed by atoms with Crippen molar-refractivity contribution in [2.45, 2.75) is 24.5 Å². The Kier molecular flexibility index (Phi) is 5.74. The zero-order valence-electron chi connectivity index (χ0n) is 10.8. The third-order valence-corrected chi connectivity index (χ3v) is 4.01. The molecule has 0 amide bonds. The molecule has 0 unspecified atom stereocenters. The Labute approximate surface area is 108 Å². The van der Waals surface area contributed by atoms with Crippen LogP contribution < -0.4 is 4.72 Å². The summed E-state index contributed by atoms with van der Waals surface area (Å²) in [5.74, 6) is 0. The van der Waals surface area contributed by atoms with E-state index in [4.69, 9.17) is 9.47 Å². The van der Waals surface area contributed by atoms with Crippen LogP contribution >= 0.6 is 0 Å². The summed E-state index contributed by atoms with van der Waals surface area (Å²) in [6.45, 7) is 2.17. The summed E-state index contributed by atoms with van der Waals surface area (Å²) < 4.78 is 36.3. The molecule has 5 nitrogen and oxygen atoms in total. The maximum atomic E-state index is 11.9. The summed E-state index contributed by atoms with van der Waals surface area (Å²) >= 11 is 0. The number of hydrogen-bond donors (Lipinski definition) is 1. The minimum absolute atomic E-state index is 0.263. The predicted molar refractivity (Wildman–Crippen MR) is 68.8 cm³/mol. The SMILES string of the molecule is COC(CCNS(=O)(=O)c1ccc(C)cc1)OC. The molecule has 6 heteroatoms. The van der Waals surface area contributed by atoms with E-state index in [1.54, 1.807) is 24.3 Å². The molecule has 0 bridgehead atoms. The molecule has 1 aromatic carbocycles. The molecule has 0 aliphatic carbocycles. The van der Waals surface area contributed by atoms with Gasteiger partial charge < -0.3 is 9.47 Å². The predicted octanol–water partition coefficient (Wildman–Crippen LogP) is 1.28. The topological polar surface area (TPSA) is 64.6 Å². The lowest BCUT2D eigenvalue weighted by atomic mass is 10.2. The van der Waals surface area contributed by atoms with Crippen molar-refractivity contribution in [3.63, 3.8) is 0 Å². The molecule has 0 saturated heterocycles. The Morgan fingerprint density at radius 2 is 1.72 bits per heavy atom. The summed E-state index contributed by atoms with van der Waals surface area (Å²) in [7, 11) is -0.417. The molecule has 0 aliphatic rings. The number of aryl methyl sites for hydroxylation is 1. The van der Waals surface area contributed by atoms with E-state index in [1.165, 1.54) is 14.2 Å². The summed E-state index contributed by atoms with van der Waals surface area (Å²) in [5.41, 5.74) is 1.02. The summed E-state index contributed by atoms with van der Waals surface area (Å²) in [6.07, 6.45) is 0.0590. The van der Waals surface area contributed by atoms with Gasteiger partial charge >= 0.3 is 0 Å². The zero-order chi connectivity index (χ0) is 13.6. The van der Waals surface area contributed by atoms with Crippen LogP contribution in [0.1, 0.15) is 12.0 Å². The highest BCUT2D eigenvalue weighted by molar-refractivity contribution is 7.89. The monoisotopic (exact) mass is 273 g/mol. The van der Waals surface area contributed by atoms with Crippen molar-refractivity contribution in [2.75, 3.05) is 20.8 Å². The summed E-state index contributed by atoms with van der Waals surface area (Å²) in [5, 5.41) is 0. The Morgan fingerprint density at radius 3 is 2.22 bits per heavy atom. The molecule has 1 aromatic rings. The van der Waals surface area contributed by atoms with Crippen molar-refractivity contribution in [2.24, 2.45) is 0 Å². The Bertz CT molecular complexity index is 451. The Hall–Kier alpha value is -0.950. The van der Waals surface area contributed by atoms with Crippen LogP contribution in [0.2, 0.25) is 0 Å². The largest absolute Gasteiger partial charge is 0.356 e. The highest BCUT2D eigenvalue weighted by Gasteiger charge is 2.14. The number of benzene rings is 1. The number of rotatable bonds is 7. The molecule has 1 N–H and O–H groups in total. The van der Waals surface area contributed by atoms with Crippen molar-refractivity contribution >= 4 is 10.0 Å². The van der Waals surface area contributed by atoms with E-state index in [9.17, 15) is 8.42 Å². The van der Waals surface area contributed by atoms with Crippen LogP contribution in [0.3, 0.4) is 0 Å². The van der Waals surface area contributed by atoms with Gasteiger partial charge in [0.2, 0.25) is 10.0 Å². The maximum absolute atomic E-state index is 11.9. The van der Waals surface area contributed by atoms with E-state index in [-0.39, 0.29) is 11.4 Å². The first kappa shape index (κ1) is 15.1. The molecule has 18 heavy (non-hydrogen) atoms. The van der Waals surface area contributed by atoms with Crippen LogP contribution in [0.5, 0.6) is 0 Å². The lowest BCUT2D eigenvalue weighted by Gasteiger charge is -2.13. The fourth-order valence-electron chi connectivity index (χ4n) is 1.44. The average molecular weight is 273 g/mol. The highest BCUT2D eigenvalue weighted by atomic mass is 32.2. The molecule has 0 spiro atoms. The quantitative estimate of drug-likeness (QED) is 0.760. The van der Waals surface area contributed by atoms with Crippen LogP contribution in [0.25, 0.3) is 0 Å². The van der Waals surface area contributed by atoms with Gasteiger partial charge in [-0.25, -0.2) is 13.1 Å². The number of ether oxygens (including phenoxy) is 2. The second-order valence-corrected chi connectivity index (χ2v) is 5.67. The first-order valence-electron chi connectivity index (χ1n) is 5.61. The molecule has 1 rings (SSSR count). The van der Waals surface area contributed by atoms with Gasteiger partial charge in [-0.15, -0.1) is 0 Å². The molecule has 102 valence electrons. The first-order valence-corrected chi connectivity index (χ1v) is 7.10. The molecule has 0 radical (unpaired) electrons. The van der Waals surface area contributed by atoms with E-state index < -0.39 is 16.3 Å². The van der Waals surface area contributed by atoms with Crippen molar-refractivity contribution in [3.05, 3.63) is 29.8 Å². The van der Waals surface area contributed by atoms with E-state index in [1.807, 2.05) is 6.92 Å². The lowest BCUT2D eigenvalue weighted by molar-refractivity contribution is -0.104. The van der Waals surface area contributed by atoms with Crippen molar-refractivity contribution in [3.8, 4) is 0 Å². The minimum atomic E-state index is -3.45. The number of sulfonamides is 1. The lowest BCUT2D eigenvalue weighted by Crippen LogP contribution is -2.28. The second-order valence-electron chi connectivity index (χ2n) is 3.90. The van der Waals surface area contributed by atoms with Crippen LogP contribution in [0.4, 0.5) is 0 Å². The van der Waals surface area contributed by atoms with Crippen molar-refractivity contribution in [1.29, 1.82) is 0 Å². The Balaban J connectivity index is 2.57. The molecular formula is C12H19NO4S. The molecule has 0 heterocycles. The van der Waals surface area contributed by atoms with Crippen LogP contribution in [-0.2, 0) is 19.5 Å². The fourth-order valence-corrected chi connectivity index (χ4v) is 2.49. The van der Waals surface area contributed by atoms with Gasteiger partial charge in [0.05, 0.1) is 4.90 Å². The third-order valence-electron chi connectivity index (χ3n) is 2.53. The van der Waals surface area contributed by atoms with Crippen molar-refractivity contribution < 1.29 is 17.9 Å². The van der Waals surface area contributed by atoms with Gasteiger partial charge in [-0.1, -0.05) is 17.7 Å². The molecule has 0 aromatic heterocycles. The van der Waals surface area contributed by atoms with Gasteiger partial charge in [0.1, 0.15) is 0 Å². The van der Waals surface area contributed by atoms with Gasteiger partial charge in [-0.3, -0.25) is 0 Å². The van der Waals surface area contributed by atoms with Gasteiger partial charge in [0.15, 0.2) is 6.29 Å². The Morgan fingerprint density at radius 1 is 1.17 bits per heavy atom. The van der Waals surface area contributed by atoms with Gasteiger partial charge in [-0.05, 0) is 19.1 Å². The number of hydrogen-bond acceptors (Lipinski definition) is 4. The van der Waals surface area contributed by atoms with E-state index in [2.05, 4.69) is 4.72 Å². The number of methoxy groups -OCH3 is 2. The zero-order valence-corrected chi connectivity index (χ0v) is 11.7. The summed E-state index contributed by atoms with van der Waals surface area (Å²) in [4.78, 5) is 0.263.